The van der Waals surface area contributed by atoms with Crippen molar-refractivity contribution >= 4 is 5.91 Å². The Labute approximate surface area is 90.6 Å². The molecule has 1 heterocycles. The van der Waals surface area contributed by atoms with Gasteiger partial charge in [-0.2, -0.15) is 5.26 Å². The molecule has 0 aliphatic carbocycles. The van der Waals surface area contributed by atoms with Gasteiger partial charge < -0.3 is 10.1 Å². The van der Waals surface area contributed by atoms with Gasteiger partial charge in [0.1, 0.15) is 0 Å². The normalized spacial score (nSPS) is 21.0. The molecule has 1 amide bonds. The van der Waals surface area contributed by atoms with Crippen molar-refractivity contribution < 1.29 is 9.53 Å². The highest BCUT2D eigenvalue weighted by molar-refractivity contribution is 5.76. The van der Waals surface area contributed by atoms with E-state index in [0.717, 1.165) is 19.4 Å². The molecule has 1 aliphatic heterocycles. The Kier molecular flexibility index (Phi) is 4.10. The molecule has 1 unspecified atom stereocenters. The molecule has 4 heteroatoms. The van der Waals surface area contributed by atoms with E-state index < -0.39 is 5.41 Å². The average molecular weight is 210 g/mol. The molecule has 0 aromatic carbocycles. The minimum atomic E-state index is -0.494. The highest BCUT2D eigenvalue weighted by Gasteiger charge is 2.21. The maximum atomic E-state index is 11.5. The van der Waals surface area contributed by atoms with Crippen LogP contribution in [-0.4, -0.2) is 25.2 Å². The fourth-order valence-corrected chi connectivity index (χ4v) is 1.44. The molecule has 0 saturated carbocycles. The predicted molar refractivity (Wildman–Crippen MR) is 56.0 cm³/mol. The predicted octanol–water partition coefficient (Wildman–Crippen LogP) is 1.22. The van der Waals surface area contributed by atoms with E-state index in [-0.39, 0.29) is 12.0 Å². The van der Waals surface area contributed by atoms with Crippen molar-refractivity contribution in [2.24, 2.45) is 5.41 Å². The van der Waals surface area contributed by atoms with Gasteiger partial charge in [0.15, 0.2) is 0 Å². The number of nitrogens with one attached hydrogen (secondary N) is 1. The zero-order valence-corrected chi connectivity index (χ0v) is 9.38. The lowest BCUT2D eigenvalue weighted by molar-refractivity contribution is -0.123. The Morgan fingerprint density at radius 1 is 1.67 bits per heavy atom. The maximum Gasteiger partial charge on any atom is 0.222 e. The van der Waals surface area contributed by atoms with Crippen LogP contribution in [0.3, 0.4) is 0 Å². The van der Waals surface area contributed by atoms with Gasteiger partial charge in [-0.3, -0.25) is 4.79 Å². The molecule has 0 bridgehead atoms. The molecule has 1 saturated heterocycles. The fourth-order valence-electron chi connectivity index (χ4n) is 1.44. The largest absolute Gasteiger partial charge is 0.378 e. The first-order valence-electron chi connectivity index (χ1n) is 5.33. The highest BCUT2D eigenvalue weighted by atomic mass is 16.5. The van der Waals surface area contributed by atoms with Gasteiger partial charge in [0, 0.05) is 13.2 Å². The standard InChI is InChI=1S/C11H18N2O2/c1-11(2,7-12)8-13-10(14)6-9-4-3-5-15-9/h9H,3-6,8H2,1-2H3,(H,13,14). The number of hydrogen-bond donors (Lipinski definition) is 1. The third-order valence-electron chi connectivity index (χ3n) is 2.47. The van der Waals surface area contributed by atoms with Gasteiger partial charge in [0.2, 0.25) is 5.91 Å². The second-order valence-electron chi connectivity index (χ2n) is 4.61. The monoisotopic (exact) mass is 210 g/mol. The summed E-state index contributed by atoms with van der Waals surface area (Å²) in [5, 5.41) is 11.5. The van der Waals surface area contributed by atoms with E-state index in [1.807, 2.05) is 0 Å². The van der Waals surface area contributed by atoms with Gasteiger partial charge in [-0.1, -0.05) is 0 Å². The van der Waals surface area contributed by atoms with Crippen LogP contribution >= 0.6 is 0 Å². The van der Waals surface area contributed by atoms with Gasteiger partial charge in [0.25, 0.3) is 0 Å². The number of hydrogen-bond acceptors (Lipinski definition) is 3. The van der Waals surface area contributed by atoms with Gasteiger partial charge in [0.05, 0.1) is 24.0 Å². The van der Waals surface area contributed by atoms with E-state index >= 15 is 0 Å². The van der Waals surface area contributed by atoms with E-state index in [1.54, 1.807) is 13.8 Å². The van der Waals surface area contributed by atoms with Crippen LogP contribution in [0.15, 0.2) is 0 Å². The van der Waals surface area contributed by atoms with Crippen molar-refractivity contribution in [3.8, 4) is 6.07 Å². The second kappa shape index (κ2) is 5.13. The molecular formula is C11H18N2O2. The topological polar surface area (TPSA) is 62.1 Å². The highest BCUT2D eigenvalue weighted by Crippen LogP contribution is 2.15. The molecule has 15 heavy (non-hydrogen) atoms. The fraction of sp³-hybridized carbons (Fsp3) is 0.818. The summed E-state index contributed by atoms with van der Waals surface area (Å²) in [5.41, 5.74) is -0.494. The lowest BCUT2D eigenvalue weighted by atomic mass is 9.96. The Balaban J connectivity index is 2.22. The van der Waals surface area contributed by atoms with Crippen molar-refractivity contribution in [3.05, 3.63) is 0 Å². The molecule has 1 rings (SSSR count). The van der Waals surface area contributed by atoms with E-state index in [1.165, 1.54) is 0 Å². The average Bonchev–Trinajstić information content (AvgIpc) is 2.68. The lowest BCUT2D eigenvalue weighted by Crippen LogP contribution is -2.34. The van der Waals surface area contributed by atoms with Crippen LogP contribution < -0.4 is 5.32 Å². The van der Waals surface area contributed by atoms with Crippen molar-refractivity contribution in [2.45, 2.75) is 39.2 Å². The van der Waals surface area contributed by atoms with Crippen molar-refractivity contribution in [1.29, 1.82) is 5.26 Å². The second-order valence-corrected chi connectivity index (χ2v) is 4.61. The number of ether oxygens (including phenoxy) is 1. The molecule has 0 radical (unpaired) electrons. The molecule has 1 N–H and O–H groups in total. The number of rotatable bonds is 4. The number of carbonyl (C=O) groups is 1. The molecule has 1 atom stereocenters. The number of nitriles is 1. The van der Waals surface area contributed by atoms with Gasteiger partial charge >= 0.3 is 0 Å². The third-order valence-corrected chi connectivity index (χ3v) is 2.47. The van der Waals surface area contributed by atoms with Crippen LogP contribution in [-0.2, 0) is 9.53 Å². The van der Waals surface area contributed by atoms with Crippen molar-refractivity contribution in [1.82, 2.24) is 5.32 Å². The van der Waals surface area contributed by atoms with E-state index in [0.29, 0.717) is 13.0 Å². The zero-order chi connectivity index (χ0) is 11.3. The minimum absolute atomic E-state index is 0.0229. The Morgan fingerprint density at radius 3 is 2.93 bits per heavy atom. The van der Waals surface area contributed by atoms with E-state index in [4.69, 9.17) is 10.00 Å². The Bertz CT molecular complexity index is 262. The van der Waals surface area contributed by atoms with E-state index in [2.05, 4.69) is 11.4 Å². The summed E-state index contributed by atoms with van der Waals surface area (Å²) in [7, 11) is 0. The third kappa shape index (κ3) is 4.30. The van der Waals surface area contributed by atoms with Crippen LogP contribution in [0.4, 0.5) is 0 Å². The Morgan fingerprint density at radius 2 is 2.40 bits per heavy atom. The quantitative estimate of drug-likeness (QED) is 0.759. The van der Waals surface area contributed by atoms with Crippen molar-refractivity contribution in [2.75, 3.05) is 13.2 Å². The van der Waals surface area contributed by atoms with Gasteiger partial charge in [-0.25, -0.2) is 0 Å². The summed E-state index contributed by atoms with van der Waals surface area (Å²) in [6, 6.07) is 2.14. The Hall–Kier alpha value is -1.08. The molecule has 84 valence electrons. The summed E-state index contributed by atoms with van der Waals surface area (Å²) < 4.78 is 5.36. The summed E-state index contributed by atoms with van der Waals surface area (Å²) in [6.45, 7) is 4.77. The van der Waals surface area contributed by atoms with E-state index in [9.17, 15) is 4.79 Å². The van der Waals surface area contributed by atoms with Crippen LogP contribution in [0.2, 0.25) is 0 Å². The SMILES string of the molecule is CC(C)(C#N)CNC(=O)CC1CCCO1. The van der Waals surface area contributed by atoms with Crippen LogP contribution in [0.5, 0.6) is 0 Å². The molecule has 0 aromatic heterocycles. The smallest absolute Gasteiger partial charge is 0.222 e. The van der Waals surface area contributed by atoms with Gasteiger partial charge in [-0.05, 0) is 26.7 Å². The van der Waals surface area contributed by atoms with Crippen LogP contribution in [0.25, 0.3) is 0 Å². The zero-order valence-electron chi connectivity index (χ0n) is 9.38. The molecule has 0 aromatic rings. The first kappa shape index (κ1) is 12.0. The maximum absolute atomic E-state index is 11.5. The summed E-state index contributed by atoms with van der Waals surface area (Å²) in [4.78, 5) is 11.5. The van der Waals surface area contributed by atoms with Crippen molar-refractivity contribution in [3.63, 3.8) is 0 Å². The van der Waals surface area contributed by atoms with Crippen LogP contribution in [0, 0.1) is 16.7 Å². The number of nitrogens with zero attached hydrogens (tertiary/aromatic N) is 1. The summed E-state index contributed by atoms with van der Waals surface area (Å²) >= 11 is 0. The molecule has 0 spiro atoms. The lowest BCUT2D eigenvalue weighted by Gasteiger charge is -2.16. The number of amides is 1. The molecule has 1 fully saturated rings. The van der Waals surface area contributed by atoms with Gasteiger partial charge in [-0.15, -0.1) is 0 Å². The molecule has 1 aliphatic rings. The van der Waals surface area contributed by atoms with Crippen LogP contribution in [0.1, 0.15) is 33.1 Å². The molecular weight excluding hydrogens is 192 g/mol. The first-order chi connectivity index (χ1) is 7.03. The minimum Gasteiger partial charge on any atom is -0.378 e. The number of carbonyl (C=O) groups excluding carboxylic acids is 1. The molecule has 4 nitrogen and oxygen atoms in total. The summed E-state index contributed by atoms with van der Waals surface area (Å²) in [6.07, 6.45) is 2.51. The first-order valence-corrected chi connectivity index (χ1v) is 5.33. The summed E-state index contributed by atoms with van der Waals surface area (Å²) in [5.74, 6) is -0.0229.